The summed E-state index contributed by atoms with van der Waals surface area (Å²) in [5.74, 6) is -1.45. The minimum atomic E-state index is -4.25. The Balaban J connectivity index is 1.81. The van der Waals surface area contributed by atoms with E-state index in [1.165, 1.54) is 47.4 Å². The first-order valence-corrected chi connectivity index (χ1v) is 16.0. The molecule has 0 unspecified atom stereocenters. The Labute approximate surface area is 263 Å². The average molecular weight is 636 g/mol. The van der Waals surface area contributed by atoms with Crippen molar-refractivity contribution in [3.05, 3.63) is 130 Å². The van der Waals surface area contributed by atoms with Gasteiger partial charge >= 0.3 is 0 Å². The van der Waals surface area contributed by atoms with E-state index in [1.54, 1.807) is 38.1 Å². The van der Waals surface area contributed by atoms with E-state index in [0.717, 1.165) is 21.0 Å². The van der Waals surface area contributed by atoms with Crippen LogP contribution in [0.5, 0.6) is 0 Å². The summed E-state index contributed by atoms with van der Waals surface area (Å²) in [6.07, 6.45) is 0.181. The number of nitrogens with zero attached hydrogens (tertiary/aromatic N) is 2. The van der Waals surface area contributed by atoms with Gasteiger partial charge in [-0.2, -0.15) is 0 Å². The van der Waals surface area contributed by atoms with Crippen LogP contribution < -0.4 is 9.62 Å². The molecule has 4 rings (SSSR count). The molecule has 2 amide bonds. The lowest BCUT2D eigenvalue weighted by molar-refractivity contribution is -0.140. The number of likely N-dealkylation sites (N-methyl/N-ethyl adjacent to an activating group) is 1. The minimum Gasteiger partial charge on any atom is -0.355 e. The number of hydrogen-bond donors (Lipinski definition) is 1. The fourth-order valence-electron chi connectivity index (χ4n) is 4.74. The molecule has 0 radical (unpaired) electrons. The molecule has 0 spiro atoms. The predicted octanol–water partition coefficient (Wildman–Crippen LogP) is 6.07. The summed E-state index contributed by atoms with van der Waals surface area (Å²) in [6, 6.07) is 25.0. The van der Waals surface area contributed by atoms with Crippen molar-refractivity contribution in [1.82, 2.24) is 10.2 Å². The monoisotopic (exact) mass is 635 g/mol. The van der Waals surface area contributed by atoms with Crippen molar-refractivity contribution in [2.75, 3.05) is 17.4 Å². The van der Waals surface area contributed by atoms with E-state index in [1.807, 2.05) is 37.3 Å². The second-order valence-electron chi connectivity index (χ2n) is 10.5. The smallest absolute Gasteiger partial charge is 0.264 e. The summed E-state index contributed by atoms with van der Waals surface area (Å²) in [6.45, 7) is 5.08. The van der Waals surface area contributed by atoms with Gasteiger partial charge in [0.05, 0.1) is 10.6 Å². The van der Waals surface area contributed by atoms with Crippen molar-refractivity contribution in [2.45, 2.75) is 44.7 Å². The molecule has 44 heavy (non-hydrogen) atoms. The number of rotatable bonds is 12. The average Bonchev–Trinajstić information content (AvgIpc) is 3.00. The van der Waals surface area contributed by atoms with Crippen molar-refractivity contribution in [1.29, 1.82) is 0 Å². The summed E-state index contributed by atoms with van der Waals surface area (Å²) in [4.78, 5) is 29.2. The van der Waals surface area contributed by atoms with Crippen molar-refractivity contribution in [3.8, 4) is 0 Å². The van der Waals surface area contributed by atoms with Gasteiger partial charge in [-0.3, -0.25) is 13.9 Å². The predicted molar refractivity (Wildman–Crippen MR) is 171 cm³/mol. The highest BCUT2D eigenvalue weighted by atomic mass is 35.5. The van der Waals surface area contributed by atoms with Gasteiger partial charge in [-0.05, 0) is 73.9 Å². The van der Waals surface area contributed by atoms with E-state index in [-0.39, 0.29) is 23.5 Å². The SMILES string of the molecule is CCNC(=O)[C@@H](Cc1ccccc1)N(Cc1ccc(F)cc1)C(=O)CN(c1ccc(C)c(Cl)c1)S(=O)(=O)c1ccc(C)cc1. The molecule has 0 aliphatic carbocycles. The van der Waals surface area contributed by atoms with E-state index in [9.17, 15) is 22.4 Å². The number of benzene rings is 4. The zero-order valence-corrected chi connectivity index (χ0v) is 26.4. The van der Waals surface area contributed by atoms with Gasteiger partial charge < -0.3 is 10.2 Å². The highest BCUT2D eigenvalue weighted by molar-refractivity contribution is 7.92. The molecule has 10 heteroatoms. The Bertz CT molecular complexity index is 1700. The lowest BCUT2D eigenvalue weighted by Crippen LogP contribution is -2.53. The normalized spacial score (nSPS) is 11.9. The van der Waals surface area contributed by atoms with E-state index >= 15 is 0 Å². The third-order valence-corrected chi connectivity index (χ3v) is 9.41. The third kappa shape index (κ3) is 8.03. The molecule has 0 aliphatic heterocycles. The Kier molecular flexibility index (Phi) is 10.8. The number of anilines is 1. The Morgan fingerprint density at radius 2 is 1.55 bits per heavy atom. The Hall–Kier alpha value is -4.21. The van der Waals surface area contributed by atoms with Crippen molar-refractivity contribution in [2.24, 2.45) is 0 Å². The number of hydrogen-bond acceptors (Lipinski definition) is 4. The van der Waals surface area contributed by atoms with Crippen LogP contribution in [0.1, 0.15) is 29.2 Å². The van der Waals surface area contributed by atoms with Crippen LogP contribution in [-0.4, -0.2) is 44.3 Å². The van der Waals surface area contributed by atoms with Crippen LogP contribution in [0.25, 0.3) is 0 Å². The molecule has 1 N–H and O–H groups in total. The van der Waals surface area contributed by atoms with Crippen molar-refractivity contribution in [3.63, 3.8) is 0 Å². The van der Waals surface area contributed by atoms with Gasteiger partial charge in [-0.15, -0.1) is 0 Å². The van der Waals surface area contributed by atoms with Crippen LogP contribution in [0, 0.1) is 19.7 Å². The second kappa shape index (κ2) is 14.5. The number of halogens is 2. The van der Waals surface area contributed by atoms with Gasteiger partial charge in [0, 0.05) is 24.5 Å². The molecule has 0 saturated heterocycles. The van der Waals surface area contributed by atoms with Crippen LogP contribution in [0.3, 0.4) is 0 Å². The van der Waals surface area contributed by atoms with Crippen LogP contribution in [0.4, 0.5) is 10.1 Å². The maximum Gasteiger partial charge on any atom is 0.264 e. The molecule has 0 aromatic heterocycles. The molecule has 4 aromatic rings. The highest BCUT2D eigenvalue weighted by Gasteiger charge is 2.34. The number of nitrogens with one attached hydrogen (secondary N) is 1. The fourth-order valence-corrected chi connectivity index (χ4v) is 6.32. The minimum absolute atomic E-state index is 0.00208. The molecule has 0 saturated carbocycles. The van der Waals surface area contributed by atoms with Crippen LogP contribution in [0.2, 0.25) is 5.02 Å². The van der Waals surface area contributed by atoms with E-state index in [2.05, 4.69) is 5.32 Å². The first-order chi connectivity index (χ1) is 21.0. The van der Waals surface area contributed by atoms with Gasteiger partial charge in [0.2, 0.25) is 11.8 Å². The van der Waals surface area contributed by atoms with E-state index in [4.69, 9.17) is 11.6 Å². The number of carbonyl (C=O) groups is 2. The highest BCUT2D eigenvalue weighted by Crippen LogP contribution is 2.29. The van der Waals surface area contributed by atoms with Crippen molar-refractivity contribution >= 4 is 39.1 Å². The number of aryl methyl sites for hydroxylation is 2. The Morgan fingerprint density at radius 1 is 0.886 bits per heavy atom. The lowest BCUT2D eigenvalue weighted by atomic mass is 10.0. The topological polar surface area (TPSA) is 86.8 Å². The summed E-state index contributed by atoms with van der Waals surface area (Å²) in [5, 5.41) is 3.15. The first-order valence-electron chi connectivity index (χ1n) is 14.2. The molecular formula is C34H35ClFN3O4S. The quantitative estimate of drug-likeness (QED) is 0.205. The summed E-state index contributed by atoms with van der Waals surface area (Å²) in [5.41, 5.74) is 3.21. The zero-order valence-electron chi connectivity index (χ0n) is 24.8. The van der Waals surface area contributed by atoms with Gasteiger partial charge in [0.15, 0.2) is 0 Å². The number of amides is 2. The van der Waals surface area contributed by atoms with Crippen LogP contribution in [-0.2, 0) is 32.6 Å². The number of carbonyl (C=O) groups excluding carboxylic acids is 2. The lowest BCUT2D eigenvalue weighted by Gasteiger charge is -2.34. The molecule has 0 heterocycles. The fraction of sp³-hybridized carbons (Fsp3) is 0.235. The van der Waals surface area contributed by atoms with Crippen LogP contribution >= 0.6 is 11.6 Å². The van der Waals surface area contributed by atoms with Gasteiger partial charge in [-0.25, -0.2) is 12.8 Å². The van der Waals surface area contributed by atoms with E-state index in [0.29, 0.717) is 17.1 Å². The molecule has 230 valence electrons. The molecule has 0 fully saturated rings. The number of sulfonamides is 1. The standard InChI is InChI=1S/C34H35ClFN3O4S/c1-4-37-34(41)32(20-26-8-6-5-7-9-26)38(22-27-13-15-28(36)16-14-27)33(40)23-39(29-17-12-25(3)31(35)21-29)44(42,43)30-18-10-24(2)11-19-30/h5-19,21,32H,4,20,22-23H2,1-3H3,(H,37,41)/t32-/m1/s1. The van der Waals surface area contributed by atoms with Gasteiger partial charge in [-0.1, -0.05) is 77.8 Å². The maximum atomic E-state index is 14.4. The Morgan fingerprint density at radius 3 is 2.16 bits per heavy atom. The molecule has 0 aliphatic rings. The molecular weight excluding hydrogens is 601 g/mol. The second-order valence-corrected chi connectivity index (χ2v) is 12.8. The van der Waals surface area contributed by atoms with Crippen molar-refractivity contribution < 1.29 is 22.4 Å². The third-order valence-electron chi connectivity index (χ3n) is 7.22. The van der Waals surface area contributed by atoms with Gasteiger partial charge in [0.25, 0.3) is 10.0 Å². The molecule has 4 aromatic carbocycles. The summed E-state index contributed by atoms with van der Waals surface area (Å²) in [7, 11) is -4.25. The first kappa shape index (κ1) is 32.7. The zero-order chi connectivity index (χ0) is 31.9. The molecule has 0 bridgehead atoms. The van der Waals surface area contributed by atoms with E-state index < -0.39 is 40.2 Å². The summed E-state index contributed by atoms with van der Waals surface area (Å²) < 4.78 is 42.9. The molecule has 1 atom stereocenters. The van der Waals surface area contributed by atoms with Gasteiger partial charge in [0.1, 0.15) is 18.4 Å². The maximum absolute atomic E-state index is 14.4. The largest absolute Gasteiger partial charge is 0.355 e. The summed E-state index contributed by atoms with van der Waals surface area (Å²) >= 11 is 6.41. The molecule has 7 nitrogen and oxygen atoms in total. The van der Waals surface area contributed by atoms with Crippen LogP contribution in [0.15, 0.2) is 102 Å².